The Hall–Kier alpha value is -2.48. The van der Waals surface area contributed by atoms with Crippen LogP contribution in [0.5, 0.6) is 5.88 Å². The van der Waals surface area contributed by atoms with Gasteiger partial charge in [-0.3, -0.25) is 4.79 Å². The molecule has 1 saturated heterocycles. The fourth-order valence-corrected chi connectivity index (χ4v) is 4.13. The summed E-state index contributed by atoms with van der Waals surface area (Å²) in [7, 11) is 1.57. The van der Waals surface area contributed by atoms with E-state index in [1.807, 2.05) is 24.3 Å². The number of aryl methyl sites for hydroxylation is 1. The SMILES string of the molecule is COc1ccc(C2(O)CCN(CC(O)c3ccc4c(c3)CCC(=O)N4)CC2)cn1. The Bertz CT molecular complexity index is 876. The number of nitrogens with zero attached hydrogens (tertiary/aromatic N) is 2. The number of piperidine rings is 1. The van der Waals surface area contributed by atoms with Gasteiger partial charge in [-0.25, -0.2) is 4.98 Å². The molecule has 3 heterocycles. The van der Waals surface area contributed by atoms with Crippen LogP contribution in [0.3, 0.4) is 0 Å². The van der Waals surface area contributed by atoms with E-state index in [-0.39, 0.29) is 5.91 Å². The number of methoxy groups -OCH3 is 1. The molecule has 3 N–H and O–H groups in total. The Morgan fingerprint density at radius 1 is 1.24 bits per heavy atom. The maximum atomic E-state index is 11.5. The minimum absolute atomic E-state index is 0.0404. The van der Waals surface area contributed by atoms with Gasteiger partial charge in [0.2, 0.25) is 11.8 Å². The summed E-state index contributed by atoms with van der Waals surface area (Å²) in [6.45, 7) is 1.91. The van der Waals surface area contributed by atoms with Crippen molar-refractivity contribution >= 4 is 11.6 Å². The van der Waals surface area contributed by atoms with Crippen molar-refractivity contribution in [3.63, 3.8) is 0 Å². The van der Waals surface area contributed by atoms with Crippen LogP contribution in [0.15, 0.2) is 36.5 Å². The summed E-state index contributed by atoms with van der Waals surface area (Å²) in [5.74, 6) is 0.571. The number of aromatic nitrogens is 1. The molecule has 4 rings (SSSR count). The molecule has 0 aliphatic carbocycles. The molecule has 0 radical (unpaired) electrons. The summed E-state index contributed by atoms with van der Waals surface area (Å²) in [5.41, 5.74) is 2.68. The summed E-state index contributed by atoms with van der Waals surface area (Å²) < 4.78 is 5.08. The predicted octanol–water partition coefficient (Wildman–Crippen LogP) is 1.99. The predicted molar refractivity (Wildman–Crippen MR) is 109 cm³/mol. The largest absolute Gasteiger partial charge is 0.481 e. The molecule has 1 atom stereocenters. The summed E-state index contributed by atoms with van der Waals surface area (Å²) >= 11 is 0. The molecule has 1 unspecified atom stereocenters. The molecule has 154 valence electrons. The summed E-state index contributed by atoms with van der Waals surface area (Å²) in [5, 5.41) is 24.6. The third-order valence-corrected chi connectivity index (χ3v) is 6.01. The monoisotopic (exact) mass is 397 g/mol. The maximum absolute atomic E-state index is 11.5. The number of amides is 1. The molecular formula is C22H27N3O4. The Morgan fingerprint density at radius 2 is 2.03 bits per heavy atom. The van der Waals surface area contributed by atoms with E-state index in [4.69, 9.17) is 4.74 Å². The van der Waals surface area contributed by atoms with E-state index in [1.54, 1.807) is 19.4 Å². The third-order valence-electron chi connectivity index (χ3n) is 6.01. The zero-order valence-corrected chi connectivity index (χ0v) is 16.6. The highest BCUT2D eigenvalue weighted by Gasteiger charge is 2.35. The standard InChI is InChI=1S/C22H27N3O4/c1-29-21-7-4-17(13-23-21)22(28)8-10-25(11-9-22)14-19(26)16-2-5-18-15(12-16)3-6-20(27)24-18/h2,4-5,7,12-13,19,26,28H,3,6,8-11,14H2,1H3,(H,24,27). The fourth-order valence-electron chi connectivity index (χ4n) is 4.13. The van der Waals surface area contributed by atoms with E-state index in [9.17, 15) is 15.0 Å². The van der Waals surface area contributed by atoms with Crippen LogP contribution < -0.4 is 10.1 Å². The van der Waals surface area contributed by atoms with E-state index in [0.717, 1.165) is 22.4 Å². The lowest BCUT2D eigenvalue weighted by molar-refractivity contribution is -0.116. The quantitative estimate of drug-likeness (QED) is 0.714. The first-order chi connectivity index (χ1) is 14.0. The molecule has 7 heteroatoms. The average molecular weight is 397 g/mol. The van der Waals surface area contributed by atoms with E-state index in [0.29, 0.717) is 51.2 Å². The number of aliphatic hydroxyl groups excluding tert-OH is 1. The number of pyridine rings is 1. The molecule has 2 aliphatic rings. The average Bonchev–Trinajstić information content (AvgIpc) is 2.75. The van der Waals surface area contributed by atoms with Gasteiger partial charge in [0.25, 0.3) is 0 Å². The van der Waals surface area contributed by atoms with Crippen LogP contribution >= 0.6 is 0 Å². The summed E-state index contributed by atoms with van der Waals surface area (Å²) in [6, 6.07) is 9.36. The van der Waals surface area contributed by atoms with Gasteiger partial charge in [-0.2, -0.15) is 0 Å². The van der Waals surface area contributed by atoms with Gasteiger partial charge in [0.1, 0.15) is 0 Å². The van der Waals surface area contributed by atoms with E-state index in [2.05, 4.69) is 15.2 Å². The molecule has 0 spiro atoms. The number of β-amino-alcohol motifs (C(OH)–C–C–N with tert-alkyl or cyclic N) is 1. The number of anilines is 1. The molecule has 0 bridgehead atoms. The minimum Gasteiger partial charge on any atom is -0.481 e. The number of benzene rings is 1. The lowest BCUT2D eigenvalue weighted by Crippen LogP contribution is -2.44. The number of ether oxygens (including phenoxy) is 1. The molecule has 2 aliphatic heterocycles. The van der Waals surface area contributed by atoms with Gasteiger partial charge in [0.15, 0.2) is 0 Å². The van der Waals surface area contributed by atoms with Crippen molar-refractivity contribution < 1.29 is 19.7 Å². The van der Waals surface area contributed by atoms with Crippen molar-refractivity contribution in [2.45, 2.75) is 37.4 Å². The molecule has 0 saturated carbocycles. The number of carbonyl (C=O) groups excluding carboxylic acids is 1. The normalized spacial score (nSPS) is 19.9. The molecule has 7 nitrogen and oxygen atoms in total. The van der Waals surface area contributed by atoms with Gasteiger partial charge in [-0.1, -0.05) is 12.1 Å². The van der Waals surface area contributed by atoms with Crippen molar-refractivity contribution in [1.29, 1.82) is 0 Å². The fraction of sp³-hybridized carbons (Fsp3) is 0.455. The van der Waals surface area contributed by atoms with Crippen LogP contribution in [0.4, 0.5) is 5.69 Å². The number of rotatable bonds is 5. The molecule has 1 aromatic heterocycles. The number of hydrogen-bond donors (Lipinski definition) is 3. The number of fused-ring (bicyclic) bond motifs is 1. The first kappa shape index (κ1) is 19.8. The van der Waals surface area contributed by atoms with Crippen molar-refractivity contribution in [3.05, 3.63) is 53.2 Å². The van der Waals surface area contributed by atoms with Crippen LogP contribution in [0.1, 0.15) is 42.1 Å². The number of nitrogens with one attached hydrogen (secondary N) is 1. The molecule has 1 aromatic carbocycles. The Balaban J connectivity index is 1.36. The van der Waals surface area contributed by atoms with Gasteiger partial charge in [-0.05, 0) is 42.5 Å². The highest BCUT2D eigenvalue weighted by Crippen LogP contribution is 2.34. The van der Waals surface area contributed by atoms with Crippen molar-refractivity contribution in [3.8, 4) is 5.88 Å². The van der Waals surface area contributed by atoms with E-state index in [1.165, 1.54) is 0 Å². The van der Waals surface area contributed by atoms with Gasteiger partial charge < -0.3 is 25.2 Å². The van der Waals surface area contributed by atoms with Crippen molar-refractivity contribution in [2.24, 2.45) is 0 Å². The van der Waals surface area contributed by atoms with Gasteiger partial charge in [0, 0.05) is 49.6 Å². The first-order valence-corrected chi connectivity index (χ1v) is 10.0. The Morgan fingerprint density at radius 3 is 2.72 bits per heavy atom. The highest BCUT2D eigenvalue weighted by atomic mass is 16.5. The van der Waals surface area contributed by atoms with Gasteiger partial charge in [-0.15, -0.1) is 0 Å². The molecular weight excluding hydrogens is 370 g/mol. The van der Waals surface area contributed by atoms with Crippen molar-refractivity contribution in [2.75, 3.05) is 32.1 Å². The van der Waals surface area contributed by atoms with Crippen LogP contribution in [-0.2, 0) is 16.8 Å². The van der Waals surface area contributed by atoms with Crippen molar-refractivity contribution in [1.82, 2.24) is 9.88 Å². The molecule has 2 aromatic rings. The zero-order valence-electron chi connectivity index (χ0n) is 16.6. The molecule has 1 fully saturated rings. The second-order valence-electron chi connectivity index (χ2n) is 7.90. The lowest BCUT2D eigenvalue weighted by Gasteiger charge is -2.39. The third kappa shape index (κ3) is 4.27. The number of hydrogen-bond acceptors (Lipinski definition) is 6. The number of likely N-dealkylation sites (tertiary alicyclic amines) is 1. The first-order valence-electron chi connectivity index (χ1n) is 10.0. The maximum Gasteiger partial charge on any atom is 0.224 e. The van der Waals surface area contributed by atoms with Crippen LogP contribution in [0, 0.1) is 0 Å². The van der Waals surface area contributed by atoms with Gasteiger partial charge >= 0.3 is 0 Å². The molecule has 1 amide bonds. The summed E-state index contributed by atoms with van der Waals surface area (Å²) in [4.78, 5) is 17.9. The minimum atomic E-state index is -0.898. The Labute approximate surface area is 170 Å². The smallest absolute Gasteiger partial charge is 0.224 e. The second-order valence-corrected chi connectivity index (χ2v) is 7.90. The van der Waals surface area contributed by atoms with Gasteiger partial charge in [0.05, 0.1) is 18.8 Å². The van der Waals surface area contributed by atoms with E-state index < -0.39 is 11.7 Å². The number of aliphatic hydroxyl groups is 2. The lowest BCUT2D eigenvalue weighted by atomic mass is 9.85. The van der Waals surface area contributed by atoms with Crippen LogP contribution in [-0.4, -0.2) is 52.7 Å². The van der Waals surface area contributed by atoms with Crippen LogP contribution in [0.2, 0.25) is 0 Å². The van der Waals surface area contributed by atoms with E-state index >= 15 is 0 Å². The zero-order chi connectivity index (χ0) is 20.4. The second kappa shape index (κ2) is 8.10. The highest BCUT2D eigenvalue weighted by molar-refractivity contribution is 5.93. The number of carbonyl (C=O) groups is 1. The topological polar surface area (TPSA) is 94.9 Å². The Kier molecular flexibility index (Phi) is 5.54. The molecule has 29 heavy (non-hydrogen) atoms. The summed E-state index contributed by atoms with van der Waals surface area (Å²) in [6.07, 6.45) is 3.43. The van der Waals surface area contributed by atoms with Crippen LogP contribution in [0.25, 0.3) is 0 Å².